The molecule has 1 saturated heterocycles. The van der Waals surface area contributed by atoms with Crippen LogP contribution in [0.1, 0.15) is 12.5 Å². The maximum Gasteiger partial charge on any atom is 0.239 e. The fraction of sp³-hybridized carbons (Fsp3) is 0.500. The Labute approximate surface area is 110 Å². The zero-order valence-electron chi connectivity index (χ0n) is 10.2. The van der Waals surface area contributed by atoms with Crippen molar-refractivity contribution in [2.45, 2.75) is 13.0 Å². The first-order chi connectivity index (χ1) is 8.70. The van der Waals surface area contributed by atoms with Crippen LogP contribution in [-0.4, -0.2) is 43.2 Å². The third-order valence-corrected chi connectivity index (χ3v) is 3.72. The Morgan fingerprint density at radius 3 is 3.33 bits per heavy atom. The lowest BCUT2D eigenvalue weighted by Gasteiger charge is -2.32. The van der Waals surface area contributed by atoms with Crippen molar-refractivity contribution < 1.29 is 9.53 Å². The first-order valence-electron chi connectivity index (χ1n) is 5.80. The third-order valence-electron chi connectivity index (χ3n) is 2.89. The summed E-state index contributed by atoms with van der Waals surface area (Å²) in [5, 5.41) is 14.1. The van der Waals surface area contributed by atoms with Gasteiger partial charge in [-0.3, -0.25) is 9.69 Å². The second-order valence-corrected chi connectivity index (χ2v) is 5.13. The van der Waals surface area contributed by atoms with E-state index in [1.54, 1.807) is 11.4 Å². The Morgan fingerprint density at radius 2 is 2.61 bits per heavy atom. The van der Waals surface area contributed by atoms with Crippen molar-refractivity contribution in [1.82, 2.24) is 4.90 Å². The van der Waals surface area contributed by atoms with E-state index in [0.29, 0.717) is 30.3 Å². The molecule has 2 rings (SSSR count). The molecule has 18 heavy (non-hydrogen) atoms. The molecule has 0 bridgehead atoms. The molecule has 5 nitrogen and oxygen atoms in total. The number of carbonyl (C=O) groups is 1. The topological polar surface area (TPSA) is 65.4 Å². The number of nitriles is 1. The number of rotatable bonds is 3. The number of ether oxygens (including phenoxy) is 1. The van der Waals surface area contributed by atoms with Crippen molar-refractivity contribution in [2.75, 3.05) is 31.6 Å². The van der Waals surface area contributed by atoms with E-state index in [1.165, 1.54) is 11.3 Å². The van der Waals surface area contributed by atoms with E-state index >= 15 is 0 Å². The maximum atomic E-state index is 11.9. The standard InChI is InChI=1S/C12H15N3O2S/c1-9-8-17-4-3-15(9)7-11(16)14-12-10(6-13)2-5-18-12/h2,5,9H,3-4,7-8H2,1H3,(H,14,16)/t9-/m0/s1. The van der Waals surface area contributed by atoms with Crippen molar-refractivity contribution in [3.05, 3.63) is 17.0 Å². The number of nitrogens with zero attached hydrogens (tertiary/aromatic N) is 2. The van der Waals surface area contributed by atoms with Gasteiger partial charge in [-0.2, -0.15) is 5.26 Å². The van der Waals surface area contributed by atoms with E-state index in [9.17, 15) is 4.79 Å². The van der Waals surface area contributed by atoms with Crippen LogP contribution in [0, 0.1) is 11.3 Å². The first-order valence-corrected chi connectivity index (χ1v) is 6.68. The summed E-state index contributed by atoms with van der Waals surface area (Å²) in [6.45, 7) is 4.48. The van der Waals surface area contributed by atoms with Crippen molar-refractivity contribution in [3.63, 3.8) is 0 Å². The van der Waals surface area contributed by atoms with Crippen LogP contribution in [0.2, 0.25) is 0 Å². The highest BCUT2D eigenvalue weighted by Gasteiger charge is 2.21. The number of anilines is 1. The molecular formula is C12H15N3O2S. The minimum Gasteiger partial charge on any atom is -0.379 e. The monoisotopic (exact) mass is 265 g/mol. The zero-order chi connectivity index (χ0) is 13.0. The number of carbonyl (C=O) groups excluding carboxylic acids is 1. The lowest BCUT2D eigenvalue weighted by molar-refractivity contribution is -0.119. The van der Waals surface area contributed by atoms with Crippen molar-refractivity contribution in [3.8, 4) is 6.07 Å². The van der Waals surface area contributed by atoms with Crippen molar-refractivity contribution >= 4 is 22.2 Å². The minimum absolute atomic E-state index is 0.0808. The molecule has 0 radical (unpaired) electrons. The highest BCUT2D eigenvalue weighted by molar-refractivity contribution is 7.14. The number of hydrogen-bond donors (Lipinski definition) is 1. The molecule has 0 saturated carbocycles. The molecule has 0 unspecified atom stereocenters. The summed E-state index contributed by atoms with van der Waals surface area (Å²) < 4.78 is 5.32. The van der Waals surface area contributed by atoms with Crippen LogP contribution in [0.3, 0.4) is 0 Å². The summed E-state index contributed by atoms with van der Waals surface area (Å²) >= 11 is 1.37. The van der Waals surface area contributed by atoms with Crippen molar-refractivity contribution in [2.24, 2.45) is 0 Å². The summed E-state index contributed by atoms with van der Waals surface area (Å²) in [4.78, 5) is 14.0. The molecule has 2 heterocycles. The Morgan fingerprint density at radius 1 is 1.78 bits per heavy atom. The van der Waals surface area contributed by atoms with Gasteiger partial charge >= 0.3 is 0 Å². The highest BCUT2D eigenvalue weighted by atomic mass is 32.1. The number of hydrogen-bond acceptors (Lipinski definition) is 5. The molecule has 6 heteroatoms. The van der Waals surface area contributed by atoms with Gasteiger partial charge in [0.15, 0.2) is 0 Å². The van der Waals surface area contributed by atoms with Gasteiger partial charge in [0.25, 0.3) is 0 Å². The summed E-state index contributed by atoms with van der Waals surface area (Å²) in [6.07, 6.45) is 0. The van der Waals surface area contributed by atoms with Crippen LogP contribution >= 0.6 is 11.3 Å². The Kier molecular flexibility index (Phi) is 4.31. The SMILES string of the molecule is C[C@H]1COCCN1CC(=O)Nc1sccc1C#N. The number of thiophene rings is 1. The molecule has 1 aliphatic rings. The fourth-order valence-corrected chi connectivity index (χ4v) is 2.59. The number of nitrogens with one attached hydrogen (secondary N) is 1. The Hall–Kier alpha value is -1.42. The van der Waals surface area contributed by atoms with Gasteiger partial charge in [-0.05, 0) is 18.4 Å². The van der Waals surface area contributed by atoms with Crippen LogP contribution in [-0.2, 0) is 9.53 Å². The molecule has 1 aromatic heterocycles. The first kappa shape index (κ1) is 13.0. The van der Waals surface area contributed by atoms with E-state index in [1.807, 2.05) is 6.92 Å². The largest absolute Gasteiger partial charge is 0.379 e. The van der Waals surface area contributed by atoms with E-state index in [0.717, 1.165) is 6.54 Å². The molecule has 1 aromatic rings. The fourth-order valence-electron chi connectivity index (χ4n) is 1.84. The zero-order valence-corrected chi connectivity index (χ0v) is 11.0. The quantitative estimate of drug-likeness (QED) is 0.894. The smallest absolute Gasteiger partial charge is 0.239 e. The van der Waals surface area contributed by atoms with Crippen LogP contribution in [0.25, 0.3) is 0 Å². The Bertz CT molecular complexity index is 466. The van der Waals surface area contributed by atoms with Crippen molar-refractivity contribution in [1.29, 1.82) is 5.26 Å². The Balaban J connectivity index is 1.91. The second kappa shape index (κ2) is 5.96. The number of morpholine rings is 1. The van der Waals surface area contributed by atoms with Gasteiger partial charge in [-0.25, -0.2) is 0 Å². The molecule has 1 amide bonds. The van der Waals surface area contributed by atoms with E-state index < -0.39 is 0 Å². The molecule has 1 aliphatic heterocycles. The molecule has 0 aliphatic carbocycles. The van der Waals surface area contributed by atoms with Gasteiger partial charge in [0.1, 0.15) is 11.1 Å². The molecule has 1 atom stereocenters. The third kappa shape index (κ3) is 3.07. The summed E-state index contributed by atoms with van der Waals surface area (Å²) in [6, 6.07) is 4.01. The normalized spacial score (nSPS) is 20.3. The predicted molar refractivity (Wildman–Crippen MR) is 69.5 cm³/mol. The van der Waals surface area contributed by atoms with Gasteiger partial charge in [0.05, 0.1) is 25.3 Å². The highest BCUT2D eigenvalue weighted by Crippen LogP contribution is 2.22. The second-order valence-electron chi connectivity index (χ2n) is 4.22. The van der Waals surface area contributed by atoms with E-state index in [2.05, 4.69) is 16.3 Å². The van der Waals surface area contributed by atoms with Gasteiger partial charge in [-0.15, -0.1) is 11.3 Å². The van der Waals surface area contributed by atoms with Crippen LogP contribution in [0.15, 0.2) is 11.4 Å². The van der Waals surface area contributed by atoms with Gasteiger partial charge in [-0.1, -0.05) is 0 Å². The summed E-state index contributed by atoms with van der Waals surface area (Å²) in [5.41, 5.74) is 0.517. The molecule has 0 spiro atoms. The minimum atomic E-state index is -0.0808. The predicted octanol–water partition coefficient (Wildman–Crippen LogP) is 1.28. The molecule has 0 aromatic carbocycles. The number of amides is 1. The summed E-state index contributed by atoms with van der Waals surface area (Å²) in [5.74, 6) is -0.0808. The average molecular weight is 265 g/mol. The average Bonchev–Trinajstić information content (AvgIpc) is 2.79. The van der Waals surface area contributed by atoms with Gasteiger partial charge in [0, 0.05) is 12.6 Å². The molecular weight excluding hydrogens is 250 g/mol. The van der Waals surface area contributed by atoms with Crippen LogP contribution in [0.5, 0.6) is 0 Å². The van der Waals surface area contributed by atoms with Gasteiger partial charge in [0.2, 0.25) is 5.91 Å². The van der Waals surface area contributed by atoms with E-state index in [-0.39, 0.29) is 11.9 Å². The van der Waals surface area contributed by atoms with Crippen LogP contribution in [0.4, 0.5) is 5.00 Å². The van der Waals surface area contributed by atoms with E-state index in [4.69, 9.17) is 10.00 Å². The van der Waals surface area contributed by atoms with Gasteiger partial charge < -0.3 is 10.1 Å². The molecule has 1 fully saturated rings. The lowest BCUT2D eigenvalue weighted by Crippen LogP contribution is -2.47. The summed E-state index contributed by atoms with van der Waals surface area (Å²) in [7, 11) is 0. The van der Waals surface area contributed by atoms with Crippen LogP contribution < -0.4 is 5.32 Å². The maximum absolute atomic E-state index is 11.9. The molecule has 1 N–H and O–H groups in total. The molecule has 96 valence electrons. The lowest BCUT2D eigenvalue weighted by atomic mass is 10.2.